The standard InChI is InChI=1S/C11H13NO3/c1-11(2,3)15-10(14)12-7-4-5-9(12)6-8-13/h4-7H,1-3H3. The van der Waals surface area contributed by atoms with Crippen LogP contribution >= 0.6 is 0 Å². The van der Waals surface area contributed by atoms with E-state index < -0.39 is 11.7 Å². The molecule has 0 unspecified atom stereocenters. The number of hydrogen-bond donors (Lipinski definition) is 0. The van der Waals surface area contributed by atoms with Crippen LogP contribution in [0.3, 0.4) is 0 Å². The molecule has 15 heavy (non-hydrogen) atoms. The zero-order valence-corrected chi connectivity index (χ0v) is 8.98. The fourth-order valence-electron chi connectivity index (χ4n) is 1.05. The molecule has 4 heteroatoms. The molecule has 1 aromatic rings. The minimum absolute atomic E-state index is 0.458. The van der Waals surface area contributed by atoms with Gasteiger partial charge in [-0.05, 0) is 32.9 Å². The molecule has 4 nitrogen and oxygen atoms in total. The fraction of sp³-hybridized carbons (Fsp3) is 0.364. The van der Waals surface area contributed by atoms with Crippen molar-refractivity contribution in [2.45, 2.75) is 26.4 Å². The molecule has 0 aromatic carbocycles. The highest BCUT2D eigenvalue weighted by molar-refractivity contribution is 5.80. The first-order valence-corrected chi connectivity index (χ1v) is 4.55. The van der Waals surface area contributed by atoms with Gasteiger partial charge in [0, 0.05) is 12.3 Å². The van der Waals surface area contributed by atoms with Gasteiger partial charge in [-0.2, -0.15) is 0 Å². The molecule has 1 aromatic heterocycles. The van der Waals surface area contributed by atoms with Gasteiger partial charge in [-0.1, -0.05) is 0 Å². The molecule has 0 bridgehead atoms. The van der Waals surface area contributed by atoms with Crippen LogP contribution in [0.2, 0.25) is 0 Å². The Labute approximate surface area is 88.2 Å². The lowest BCUT2D eigenvalue weighted by atomic mass is 10.2. The maximum atomic E-state index is 11.6. The van der Waals surface area contributed by atoms with Crippen molar-refractivity contribution in [3.05, 3.63) is 24.0 Å². The quantitative estimate of drug-likeness (QED) is 0.663. The SMILES string of the molecule is CC(C)(C)OC(=O)n1cccc1C=C=O. The predicted octanol–water partition coefficient (Wildman–Crippen LogP) is 2.12. The number of carbonyl (C=O) groups is 1. The lowest BCUT2D eigenvalue weighted by molar-refractivity contribution is 0.0536. The number of aromatic nitrogens is 1. The van der Waals surface area contributed by atoms with Crippen molar-refractivity contribution in [1.29, 1.82) is 0 Å². The van der Waals surface area contributed by atoms with Gasteiger partial charge in [0.25, 0.3) is 0 Å². The highest BCUT2D eigenvalue weighted by atomic mass is 16.6. The normalized spacial score (nSPS) is 10.6. The second-order valence-electron chi connectivity index (χ2n) is 4.05. The van der Waals surface area contributed by atoms with E-state index in [0.29, 0.717) is 5.69 Å². The van der Waals surface area contributed by atoms with E-state index in [0.717, 1.165) is 0 Å². The smallest absolute Gasteiger partial charge is 0.418 e. The van der Waals surface area contributed by atoms with Crippen LogP contribution in [0.5, 0.6) is 0 Å². The van der Waals surface area contributed by atoms with Crippen molar-refractivity contribution in [3.63, 3.8) is 0 Å². The maximum absolute atomic E-state index is 11.6. The average Bonchev–Trinajstić information content (AvgIpc) is 2.49. The van der Waals surface area contributed by atoms with E-state index in [4.69, 9.17) is 4.74 Å². The molecule has 0 atom stereocenters. The largest absolute Gasteiger partial charge is 0.443 e. The predicted molar refractivity (Wildman–Crippen MR) is 56.2 cm³/mol. The maximum Gasteiger partial charge on any atom is 0.418 e. The number of hydrogen-bond acceptors (Lipinski definition) is 3. The molecule has 0 N–H and O–H groups in total. The molecule has 0 aliphatic carbocycles. The van der Waals surface area contributed by atoms with Crippen molar-refractivity contribution < 1.29 is 14.3 Å². The summed E-state index contributed by atoms with van der Waals surface area (Å²) in [6.45, 7) is 5.34. The van der Waals surface area contributed by atoms with Gasteiger partial charge in [-0.3, -0.25) is 4.57 Å². The van der Waals surface area contributed by atoms with Crippen LogP contribution in [0.4, 0.5) is 4.79 Å². The molecular formula is C11H13NO3. The van der Waals surface area contributed by atoms with Crippen LogP contribution in [-0.4, -0.2) is 22.2 Å². The molecule has 0 fully saturated rings. The van der Waals surface area contributed by atoms with Crippen LogP contribution in [0.25, 0.3) is 6.08 Å². The number of ether oxygens (including phenoxy) is 1. The molecule has 0 saturated carbocycles. The van der Waals surface area contributed by atoms with E-state index >= 15 is 0 Å². The molecule has 0 saturated heterocycles. The van der Waals surface area contributed by atoms with E-state index in [1.807, 2.05) is 0 Å². The van der Waals surface area contributed by atoms with Gasteiger partial charge < -0.3 is 4.74 Å². The van der Waals surface area contributed by atoms with Crippen LogP contribution in [0, 0.1) is 0 Å². The third-order valence-electron chi connectivity index (χ3n) is 1.58. The lowest BCUT2D eigenvalue weighted by Crippen LogP contribution is -2.27. The first kappa shape index (κ1) is 11.3. The van der Waals surface area contributed by atoms with Crippen molar-refractivity contribution in [2.75, 3.05) is 0 Å². The third kappa shape index (κ3) is 3.11. The highest BCUT2D eigenvalue weighted by Crippen LogP contribution is 2.11. The molecule has 1 heterocycles. The molecule has 0 aliphatic rings. The van der Waals surface area contributed by atoms with Crippen molar-refractivity contribution in [3.8, 4) is 0 Å². The summed E-state index contributed by atoms with van der Waals surface area (Å²) in [5, 5.41) is 0. The van der Waals surface area contributed by atoms with Crippen LogP contribution < -0.4 is 0 Å². The second-order valence-corrected chi connectivity index (χ2v) is 4.05. The van der Waals surface area contributed by atoms with Crippen LogP contribution in [-0.2, 0) is 9.53 Å². The summed E-state index contributed by atoms with van der Waals surface area (Å²) in [6.07, 6.45) is 2.22. The Morgan fingerprint density at radius 2 is 2.20 bits per heavy atom. The van der Waals surface area contributed by atoms with Crippen LogP contribution in [0.15, 0.2) is 18.3 Å². The first-order chi connectivity index (χ1) is 6.94. The van der Waals surface area contributed by atoms with E-state index in [2.05, 4.69) is 0 Å². The minimum Gasteiger partial charge on any atom is -0.443 e. The van der Waals surface area contributed by atoms with Crippen molar-refractivity contribution in [2.24, 2.45) is 0 Å². The van der Waals surface area contributed by atoms with Gasteiger partial charge in [-0.15, -0.1) is 0 Å². The summed E-state index contributed by atoms with van der Waals surface area (Å²) < 4.78 is 6.40. The Hall–Kier alpha value is -1.80. The minimum atomic E-state index is -0.552. The Kier molecular flexibility index (Phi) is 3.12. The average molecular weight is 207 g/mol. The zero-order valence-electron chi connectivity index (χ0n) is 8.98. The van der Waals surface area contributed by atoms with E-state index in [1.54, 1.807) is 38.8 Å². The molecule has 0 amide bonds. The molecule has 0 radical (unpaired) electrons. The van der Waals surface area contributed by atoms with Crippen molar-refractivity contribution >= 4 is 18.1 Å². The zero-order chi connectivity index (χ0) is 11.5. The monoisotopic (exact) mass is 207 g/mol. The Bertz CT molecular complexity index is 406. The summed E-state index contributed by atoms with van der Waals surface area (Å²) in [6, 6.07) is 3.29. The lowest BCUT2D eigenvalue weighted by Gasteiger charge is -2.19. The number of carbonyl (C=O) groups excluding carboxylic acids is 2. The summed E-state index contributed by atoms with van der Waals surface area (Å²) in [5.74, 6) is 1.62. The molecule has 80 valence electrons. The van der Waals surface area contributed by atoms with E-state index in [1.165, 1.54) is 16.8 Å². The first-order valence-electron chi connectivity index (χ1n) is 4.55. The van der Waals surface area contributed by atoms with Gasteiger partial charge in [0.1, 0.15) is 11.5 Å². The Balaban J connectivity index is 2.91. The Morgan fingerprint density at radius 3 is 2.73 bits per heavy atom. The summed E-state index contributed by atoms with van der Waals surface area (Å²) >= 11 is 0. The van der Waals surface area contributed by atoms with Gasteiger partial charge in [0.2, 0.25) is 0 Å². The van der Waals surface area contributed by atoms with Gasteiger partial charge in [0.15, 0.2) is 0 Å². The van der Waals surface area contributed by atoms with E-state index in [-0.39, 0.29) is 0 Å². The second kappa shape index (κ2) is 4.15. The molecule has 0 spiro atoms. The number of nitrogens with zero attached hydrogens (tertiary/aromatic N) is 1. The highest BCUT2D eigenvalue weighted by Gasteiger charge is 2.18. The topological polar surface area (TPSA) is 48.3 Å². The number of rotatable bonds is 1. The molecular weight excluding hydrogens is 194 g/mol. The summed E-state index contributed by atoms with van der Waals surface area (Å²) in [7, 11) is 0. The summed E-state index contributed by atoms with van der Waals surface area (Å²) in [4.78, 5) is 21.8. The molecule has 1 rings (SSSR count). The van der Waals surface area contributed by atoms with Gasteiger partial charge in [0.05, 0.1) is 5.69 Å². The third-order valence-corrected chi connectivity index (χ3v) is 1.58. The van der Waals surface area contributed by atoms with Crippen LogP contribution in [0.1, 0.15) is 26.5 Å². The molecule has 0 aliphatic heterocycles. The fourth-order valence-corrected chi connectivity index (χ4v) is 1.05. The van der Waals surface area contributed by atoms with Gasteiger partial charge >= 0.3 is 6.09 Å². The van der Waals surface area contributed by atoms with E-state index in [9.17, 15) is 9.59 Å². The van der Waals surface area contributed by atoms with Crippen molar-refractivity contribution in [1.82, 2.24) is 4.57 Å². The Morgan fingerprint density at radius 1 is 1.53 bits per heavy atom. The van der Waals surface area contributed by atoms with Gasteiger partial charge in [-0.25, -0.2) is 9.59 Å². The summed E-state index contributed by atoms with van der Waals surface area (Å²) in [5.41, 5.74) is -0.0944.